The Balaban J connectivity index is 2.92. The van der Waals surface area contributed by atoms with Gasteiger partial charge in [-0.05, 0) is 46.9 Å². The summed E-state index contributed by atoms with van der Waals surface area (Å²) in [6.45, 7) is 1.59. The monoisotopic (exact) mass is 221 g/mol. The topological polar surface area (TPSA) is 65.8 Å². The maximum Gasteiger partial charge on any atom is 0.244 e. The van der Waals surface area contributed by atoms with Gasteiger partial charge in [-0.15, -0.1) is 0 Å². The van der Waals surface area contributed by atoms with Crippen molar-refractivity contribution in [1.82, 2.24) is 0 Å². The number of rotatable bonds is 2. The first kappa shape index (κ1) is 11.3. The number of amides is 1. The fraction of sp³-hybridized carbons (Fsp3) is 0.100. The predicted octanol–water partition coefficient (Wildman–Crippen LogP) is 3.58. The number of hydrogen-bond donors (Lipinski definition) is 0. The highest BCUT2D eigenvalue weighted by molar-refractivity contribution is 6.30. The molecule has 1 rings (SSSR count). The zero-order valence-corrected chi connectivity index (χ0v) is 8.77. The van der Waals surface area contributed by atoms with Crippen molar-refractivity contribution in [3.63, 3.8) is 0 Å². The van der Waals surface area contributed by atoms with Gasteiger partial charge in [0.2, 0.25) is 5.91 Å². The zero-order valence-electron chi connectivity index (χ0n) is 8.01. The third-order valence-corrected chi connectivity index (χ3v) is 1.98. The third-order valence-electron chi connectivity index (χ3n) is 1.73. The maximum atomic E-state index is 11.1. The van der Waals surface area contributed by atoms with E-state index in [-0.39, 0.29) is 0 Å². The van der Waals surface area contributed by atoms with Crippen molar-refractivity contribution in [2.75, 3.05) is 0 Å². The van der Waals surface area contributed by atoms with Crippen LogP contribution in [0.15, 0.2) is 35.0 Å². The first-order valence-corrected chi connectivity index (χ1v) is 4.54. The smallest absolute Gasteiger partial charge is 0.244 e. The number of carbonyl (C=O) groups excluding carboxylic acids is 1. The second-order valence-corrected chi connectivity index (χ2v) is 3.31. The quantitative estimate of drug-likeness (QED) is 0.326. The Kier molecular flexibility index (Phi) is 3.92. The SMILES string of the molecule is C/C(=C\c1ccc(Cl)cc1)C(=O)N=[N+]=[N-]. The van der Waals surface area contributed by atoms with Crippen LogP contribution in [-0.2, 0) is 4.79 Å². The normalized spacial score (nSPS) is 10.7. The molecule has 15 heavy (non-hydrogen) atoms. The highest BCUT2D eigenvalue weighted by atomic mass is 35.5. The second kappa shape index (κ2) is 5.20. The molecule has 76 valence electrons. The van der Waals surface area contributed by atoms with E-state index < -0.39 is 5.91 Å². The minimum atomic E-state index is -0.576. The molecule has 0 saturated carbocycles. The molecule has 0 unspecified atom stereocenters. The maximum absolute atomic E-state index is 11.1. The molecule has 5 heteroatoms. The molecule has 0 radical (unpaired) electrons. The fourth-order valence-electron chi connectivity index (χ4n) is 0.990. The lowest BCUT2D eigenvalue weighted by Gasteiger charge is -1.96. The summed E-state index contributed by atoms with van der Waals surface area (Å²) in [5.74, 6) is -0.576. The van der Waals surface area contributed by atoms with Crippen molar-refractivity contribution in [1.29, 1.82) is 0 Å². The number of hydrogen-bond acceptors (Lipinski definition) is 1. The lowest BCUT2D eigenvalue weighted by Crippen LogP contribution is -1.92. The molecule has 4 nitrogen and oxygen atoms in total. The van der Waals surface area contributed by atoms with Crippen LogP contribution in [0.1, 0.15) is 12.5 Å². The van der Waals surface area contributed by atoms with Crippen LogP contribution in [0, 0.1) is 0 Å². The first-order valence-electron chi connectivity index (χ1n) is 4.17. The molecule has 0 aliphatic rings. The molecule has 0 aromatic heterocycles. The van der Waals surface area contributed by atoms with Crippen LogP contribution in [-0.4, -0.2) is 5.91 Å². The standard InChI is InChI=1S/C10H8ClN3O/c1-7(10(15)13-14-12)6-8-2-4-9(11)5-3-8/h2-6H,1H3/b7-6+. The molecule has 0 atom stereocenters. The van der Waals surface area contributed by atoms with Gasteiger partial charge in [0.05, 0.1) is 0 Å². The Labute approximate surface area is 91.8 Å². The van der Waals surface area contributed by atoms with Crippen molar-refractivity contribution >= 4 is 23.6 Å². The Morgan fingerprint density at radius 2 is 2.07 bits per heavy atom. The van der Waals surface area contributed by atoms with Crippen LogP contribution >= 0.6 is 11.6 Å². The van der Waals surface area contributed by atoms with Crippen molar-refractivity contribution in [2.24, 2.45) is 5.11 Å². The second-order valence-electron chi connectivity index (χ2n) is 2.87. The van der Waals surface area contributed by atoms with E-state index >= 15 is 0 Å². The van der Waals surface area contributed by atoms with E-state index in [4.69, 9.17) is 17.1 Å². The summed E-state index contributed by atoms with van der Waals surface area (Å²) in [7, 11) is 0. The zero-order chi connectivity index (χ0) is 11.3. The summed E-state index contributed by atoms with van der Waals surface area (Å²) >= 11 is 5.71. The van der Waals surface area contributed by atoms with Crippen LogP contribution < -0.4 is 0 Å². The summed E-state index contributed by atoms with van der Waals surface area (Å²) in [6.07, 6.45) is 1.63. The van der Waals surface area contributed by atoms with Crippen LogP contribution in [0.4, 0.5) is 0 Å². The molecular formula is C10H8ClN3O. The van der Waals surface area contributed by atoms with Gasteiger partial charge in [-0.3, -0.25) is 4.79 Å². The van der Waals surface area contributed by atoms with Gasteiger partial charge in [0.15, 0.2) is 0 Å². The van der Waals surface area contributed by atoms with E-state index in [1.807, 2.05) is 0 Å². The molecule has 0 aliphatic heterocycles. The van der Waals surface area contributed by atoms with E-state index in [0.29, 0.717) is 10.6 Å². The van der Waals surface area contributed by atoms with Gasteiger partial charge in [0.25, 0.3) is 0 Å². The summed E-state index contributed by atoms with van der Waals surface area (Å²) < 4.78 is 0. The number of azide groups is 1. The molecule has 0 N–H and O–H groups in total. The van der Waals surface area contributed by atoms with Gasteiger partial charge in [0, 0.05) is 9.93 Å². The van der Waals surface area contributed by atoms with Gasteiger partial charge in [-0.2, -0.15) is 0 Å². The third kappa shape index (κ3) is 3.46. The molecule has 0 saturated heterocycles. The Bertz CT molecular complexity index is 444. The Hall–Kier alpha value is -1.77. The van der Waals surface area contributed by atoms with Crippen LogP contribution in [0.2, 0.25) is 5.02 Å². The number of nitrogens with zero attached hydrogens (tertiary/aromatic N) is 3. The number of carbonyl (C=O) groups is 1. The lowest BCUT2D eigenvalue weighted by atomic mass is 10.1. The molecule has 0 aliphatic carbocycles. The highest BCUT2D eigenvalue weighted by Crippen LogP contribution is 2.12. The van der Waals surface area contributed by atoms with Crippen LogP contribution in [0.5, 0.6) is 0 Å². The predicted molar refractivity (Wildman–Crippen MR) is 59.3 cm³/mol. The average molecular weight is 222 g/mol. The Morgan fingerprint density at radius 1 is 1.47 bits per heavy atom. The van der Waals surface area contributed by atoms with E-state index in [1.165, 1.54) is 0 Å². The fourth-order valence-corrected chi connectivity index (χ4v) is 1.12. The molecule has 1 aromatic carbocycles. The van der Waals surface area contributed by atoms with Crippen molar-refractivity contribution in [3.05, 3.63) is 50.9 Å². The van der Waals surface area contributed by atoms with E-state index in [0.717, 1.165) is 5.56 Å². The van der Waals surface area contributed by atoms with E-state index in [1.54, 1.807) is 37.3 Å². The van der Waals surface area contributed by atoms with Gasteiger partial charge >= 0.3 is 0 Å². The van der Waals surface area contributed by atoms with Crippen molar-refractivity contribution in [3.8, 4) is 0 Å². The highest BCUT2D eigenvalue weighted by Gasteiger charge is 2.00. The van der Waals surface area contributed by atoms with Crippen molar-refractivity contribution in [2.45, 2.75) is 6.92 Å². The Morgan fingerprint density at radius 3 is 2.60 bits per heavy atom. The molecule has 1 aromatic rings. The molecule has 1 amide bonds. The molecule has 0 heterocycles. The summed E-state index contributed by atoms with van der Waals surface area (Å²) in [4.78, 5) is 13.5. The largest absolute Gasteiger partial charge is 0.287 e. The van der Waals surface area contributed by atoms with Crippen molar-refractivity contribution < 1.29 is 4.79 Å². The molecule has 0 spiro atoms. The number of halogens is 1. The van der Waals surface area contributed by atoms with Gasteiger partial charge < -0.3 is 0 Å². The first-order chi connectivity index (χ1) is 7.13. The van der Waals surface area contributed by atoms with E-state index in [2.05, 4.69) is 10.0 Å². The average Bonchev–Trinajstić information content (AvgIpc) is 2.22. The number of benzene rings is 1. The summed E-state index contributed by atoms with van der Waals surface area (Å²) in [6, 6.07) is 6.99. The molecule has 0 bridgehead atoms. The minimum Gasteiger partial charge on any atom is -0.287 e. The molecular weight excluding hydrogens is 214 g/mol. The van der Waals surface area contributed by atoms with Gasteiger partial charge in [0.1, 0.15) is 0 Å². The van der Waals surface area contributed by atoms with Gasteiger partial charge in [-0.1, -0.05) is 23.7 Å². The minimum absolute atomic E-state index is 0.384. The summed E-state index contributed by atoms with van der Waals surface area (Å²) in [5, 5.41) is 3.62. The molecule has 0 fully saturated rings. The van der Waals surface area contributed by atoms with E-state index in [9.17, 15) is 4.79 Å². The van der Waals surface area contributed by atoms with Crippen LogP contribution in [0.25, 0.3) is 16.5 Å². The summed E-state index contributed by atoms with van der Waals surface area (Å²) in [5.41, 5.74) is 9.30. The lowest BCUT2D eigenvalue weighted by molar-refractivity contribution is -0.114. The van der Waals surface area contributed by atoms with Crippen LogP contribution in [0.3, 0.4) is 0 Å². The van der Waals surface area contributed by atoms with Gasteiger partial charge in [-0.25, -0.2) is 0 Å².